The van der Waals surface area contributed by atoms with Gasteiger partial charge in [-0.05, 0) is 89.9 Å². The quantitative estimate of drug-likeness (QED) is 0.0506. The fraction of sp³-hybridized carbons (Fsp3) is 0.340. The number of hydrogen-bond donors (Lipinski definition) is 5. The number of aromatic amines is 1. The van der Waals surface area contributed by atoms with Gasteiger partial charge < -0.3 is 44.8 Å². The van der Waals surface area contributed by atoms with Crippen molar-refractivity contribution in [3.05, 3.63) is 124 Å². The number of H-pyrrole nitrogens is 1. The lowest BCUT2D eigenvalue weighted by Crippen LogP contribution is -2.38. The predicted molar refractivity (Wildman–Crippen MR) is 240 cm³/mol. The van der Waals surface area contributed by atoms with Crippen LogP contribution >= 0.6 is 0 Å². The van der Waals surface area contributed by atoms with E-state index in [0.717, 1.165) is 5.56 Å². The number of carboxylic acid groups (broad SMARTS) is 1. The highest BCUT2D eigenvalue weighted by Crippen LogP contribution is 2.39. The number of carbonyl (C=O) groups is 3. The molecule has 5 N–H and O–H groups in total. The molecule has 5 aromatic rings. The number of carboxylic acids is 1. The Balaban J connectivity index is 0.875. The molecule has 1 aliphatic rings. The summed E-state index contributed by atoms with van der Waals surface area (Å²) in [4.78, 5) is 64.4. The summed E-state index contributed by atoms with van der Waals surface area (Å²) in [6.45, 7) is 7.88. The third-order valence-electron chi connectivity index (χ3n) is 10.7. The van der Waals surface area contributed by atoms with E-state index in [2.05, 4.69) is 15.6 Å². The monoisotopic (exact) mass is 896 g/mol. The van der Waals surface area contributed by atoms with Crippen molar-refractivity contribution in [1.29, 1.82) is 0 Å². The number of para-hydroxylation sites is 1. The maximum Gasteiger partial charge on any atom is 0.322 e. The molecule has 16 nitrogen and oxygen atoms in total. The van der Waals surface area contributed by atoms with Crippen LogP contribution < -0.4 is 25.5 Å². The number of rotatable bonds is 19. The van der Waals surface area contributed by atoms with E-state index in [1.165, 1.54) is 36.5 Å². The Morgan fingerprint density at radius 3 is 2.14 bits per heavy atom. The van der Waals surface area contributed by atoms with Gasteiger partial charge in [-0.1, -0.05) is 45.0 Å². The molecule has 0 bridgehead atoms. The van der Waals surface area contributed by atoms with Gasteiger partial charge in [-0.15, -0.1) is 0 Å². The maximum atomic E-state index is 13.8. The highest BCUT2D eigenvalue weighted by Gasteiger charge is 2.29. The van der Waals surface area contributed by atoms with E-state index in [4.69, 9.17) is 24.1 Å². The Morgan fingerprint density at radius 2 is 1.50 bits per heavy atom. The van der Waals surface area contributed by atoms with Crippen LogP contribution in [0.3, 0.4) is 0 Å². The number of aliphatic carboxylic acids is 1. The fourth-order valence-corrected chi connectivity index (χ4v) is 9.00. The number of carbonyl (C=O) groups excluding carboxylic acids is 3. The topological polar surface area (TPSA) is 223 Å². The highest BCUT2D eigenvalue weighted by molar-refractivity contribution is 7.98. The van der Waals surface area contributed by atoms with E-state index in [1.807, 2.05) is 45.0 Å². The van der Waals surface area contributed by atoms with Gasteiger partial charge in [0.2, 0.25) is 10.7 Å². The number of phenolic OH excluding ortho intramolecular Hbond substituents is 1. The second-order valence-corrected chi connectivity index (χ2v) is 18.3. The van der Waals surface area contributed by atoms with Crippen LogP contribution in [-0.2, 0) is 34.2 Å². The highest BCUT2D eigenvalue weighted by atomic mass is 32.2. The van der Waals surface area contributed by atoms with Crippen molar-refractivity contribution >= 4 is 49.3 Å². The number of ether oxygens (including phenoxy) is 4. The van der Waals surface area contributed by atoms with Gasteiger partial charge in [0.1, 0.15) is 40.8 Å². The van der Waals surface area contributed by atoms with Gasteiger partial charge >= 0.3 is 5.97 Å². The molecule has 1 unspecified atom stereocenters. The van der Waals surface area contributed by atoms with Crippen LogP contribution in [0.2, 0.25) is 0 Å². The summed E-state index contributed by atoms with van der Waals surface area (Å²) in [5.41, 5.74) is 2.08. The SMILES string of the molecule is CC(C)(C)c1cc(OCCOCCOCCOc2ccc(C3CCN(S(=O)(=C=O)c4ccc(C(=O)NCC(=O)O)cc4)CC3)cc2)c(O)cc1NC(=O)c1c[nH]c2ccccc2c1=O. The first-order valence-electron chi connectivity index (χ1n) is 20.8. The standard InChI is InChI=1S/C47H52N4O12S/c1-47(2,3)38-26-42(41(53)27-40(38)50-46(58)37-28-48-39-7-5-4-6-36(39)44(37)56)63-25-23-61-21-20-60-22-24-62-34-12-8-31(9-13-34)32-16-18-51(19-17-32)64(59,30-52)35-14-10-33(11-15-35)45(57)49-29-43(54)55/h4-15,26-28,32,53H,16-25,29H2,1-3H3,(H,48,56)(H,49,57)(H,50,58)(H,54,55). The van der Waals surface area contributed by atoms with Gasteiger partial charge in [-0.2, -0.15) is 0 Å². The van der Waals surface area contributed by atoms with Crippen LogP contribution in [0.4, 0.5) is 5.69 Å². The molecule has 2 amide bonds. The second kappa shape index (κ2) is 21.3. The van der Waals surface area contributed by atoms with Crippen LogP contribution in [0.5, 0.6) is 17.2 Å². The molecule has 4 aromatic carbocycles. The molecular formula is C47H52N4O12S. The summed E-state index contributed by atoms with van der Waals surface area (Å²) in [6, 6.07) is 23.5. The van der Waals surface area contributed by atoms with E-state index in [-0.39, 0.29) is 46.7 Å². The molecule has 1 aliphatic heterocycles. The van der Waals surface area contributed by atoms with Gasteiger partial charge in [0.15, 0.2) is 11.5 Å². The van der Waals surface area contributed by atoms with Gasteiger partial charge in [-0.25, -0.2) is 13.3 Å². The molecule has 338 valence electrons. The zero-order chi connectivity index (χ0) is 45.9. The van der Waals surface area contributed by atoms with Gasteiger partial charge in [0.25, 0.3) is 11.8 Å². The van der Waals surface area contributed by atoms with E-state index in [1.54, 1.807) is 39.9 Å². The van der Waals surface area contributed by atoms with E-state index >= 15 is 0 Å². The van der Waals surface area contributed by atoms with Crippen LogP contribution in [0.25, 0.3) is 10.9 Å². The summed E-state index contributed by atoms with van der Waals surface area (Å²) in [7, 11) is -3.31. The Morgan fingerprint density at radius 1 is 0.859 bits per heavy atom. The largest absolute Gasteiger partial charge is 0.504 e. The second-order valence-electron chi connectivity index (χ2n) is 16.1. The molecule has 17 heteroatoms. The Kier molecular flexibility index (Phi) is 15.6. The number of aromatic hydroxyl groups is 1. The smallest absolute Gasteiger partial charge is 0.322 e. The average molecular weight is 897 g/mol. The molecule has 0 aliphatic carbocycles. The van der Waals surface area contributed by atoms with Crippen molar-refractivity contribution in [2.24, 2.45) is 0 Å². The molecule has 1 atom stereocenters. The molecule has 1 saturated heterocycles. The molecular weight excluding hydrogens is 845 g/mol. The van der Waals surface area contributed by atoms with Crippen molar-refractivity contribution in [2.45, 2.75) is 49.8 Å². The van der Waals surface area contributed by atoms with Crippen LogP contribution in [-0.4, -0.2) is 106 Å². The summed E-state index contributed by atoms with van der Waals surface area (Å²) in [5, 5.41) is 26.8. The molecule has 64 heavy (non-hydrogen) atoms. The number of hydrogen-bond acceptors (Lipinski definition) is 11. The maximum absolute atomic E-state index is 13.8. The number of aromatic nitrogens is 1. The van der Waals surface area contributed by atoms with Crippen molar-refractivity contribution in [2.75, 3.05) is 64.6 Å². The number of piperidine rings is 1. The van der Waals surface area contributed by atoms with E-state index in [0.29, 0.717) is 80.3 Å². The zero-order valence-corrected chi connectivity index (χ0v) is 36.7. The lowest BCUT2D eigenvalue weighted by Gasteiger charge is -2.33. The van der Waals surface area contributed by atoms with Crippen molar-refractivity contribution in [1.82, 2.24) is 14.6 Å². The average Bonchev–Trinajstić information content (AvgIpc) is 3.29. The third kappa shape index (κ3) is 11.7. The molecule has 6 rings (SSSR count). The molecule has 1 fully saturated rings. The molecule has 2 heterocycles. The predicted octanol–water partition coefficient (Wildman–Crippen LogP) is 5.59. The first-order chi connectivity index (χ1) is 30.7. The molecule has 0 spiro atoms. The van der Waals surface area contributed by atoms with E-state index in [9.17, 15) is 33.3 Å². The summed E-state index contributed by atoms with van der Waals surface area (Å²) in [6.07, 6.45) is 2.73. The van der Waals surface area contributed by atoms with Crippen molar-refractivity contribution in [3.8, 4) is 17.2 Å². The zero-order valence-electron chi connectivity index (χ0n) is 35.8. The summed E-state index contributed by atoms with van der Waals surface area (Å²) < 4.78 is 38.4. The summed E-state index contributed by atoms with van der Waals surface area (Å²) in [5.74, 6) is -1.43. The van der Waals surface area contributed by atoms with Crippen molar-refractivity contribution < 1.29 is 52.5 Å². The van der Waals surface area contributed by atoms with Crippen molar-refractivity contribution in [3.63, 3.8) is 0 Å². The minimum absolute atomic E-state index is 0.0476. The Labute approximate surface area is 370 Å². The number of nitrogens with one attached hydrogen (secondary N) is 3. The van der Waals surface area contributed by atoms with Gasteiger partial charge in [-0.3, -0.25) is 19.2 Å². The number of anilines is 1. The Bertz CT molecular complexity index is 2660. The van der Waals surface area contributed by atoms with Gasteiger partial charge in [0, 0.05) is 47.5 Å². The lowest BCUT2D eigenvalue weighted by atomic mass is 9.85. The minimum atomic E-state index is -3.31. The normalized spacial score (nSPS) is 14.3. The summed E-state index contributed by atoms with van der Waals surface area (Å²) >= 11 is 0. The molecule has 0 radical (unpaired) electrons. The minimum Gasteiger partial charge on any atom is -0.504 e. The van der Waals surface area contributed by atoms with E-state index < -0.39 is 44.9 Å². The number of nitrogens with zero attached hydrogens (tertiary/aromatic N) is 1. The lowest BCUT2D eigenvalue weighted by molar-refractivity contribution is -0.135. The van der Waals surface area contributed by atoms with Gasteiger partial charge in [0.05, 0.1) is 31.3 Å². The molecule has 0 saturated carbocycles. The van der Waals surface area contributed by atoms with Crippen LogP contribution in [0, 0.1) is 0 Å². The molecule has 1 aromatic heterocycles. The number of pyridine rings is 1. The van der Waals surface area contributed by atoms with Crippen LogP contribution in [0.1, 0.15) is 71.4 Å². The number of fused-ring (bicyclic) bond motifs is 1. The van der Waals surface area contributed by atoms with Crippen LogP contribution in [0.15, 0.2) is 101 Å². The fourth-order valence-electron chi connectivity index (χ4n) is 7.27. The third-order valence-corrected chi connectivity index (χ3v) is 12.9. The first kappa shape index (κ1) is 47.0. The number of benzene rings is 4. The number of amides is 2. The Hall–Kier alpha value is -6.49. The number of phenols is 1. The first-order valence-corrected chi connectivity index (χ1v) is 22.3.